The summed E-state index contributed by atoms with van der Waals surface area (Å²) >= 11 is 12.1. The molecule has 1 aliphatic heterocycles. The first-order chi connectivity index (χ1) is 25.7. The molecule has 5 rings (SSSR count). The second-order valence-corrected chi connectivity index (χ2v) is 13.1. The van der Waals surface area contributed by atoms with E-state index in [0.717, 1.165) is 4.90 Å². The summed E-state index contributed by atoms with van der Waals surface area (Å²) in [5.74, 6) is 2.41. The van der Waals surface area contributed by atoms with Gasteiger partial charge >= 0.3 is 6.09 Å². The van der Waals surface area contributed by atoms with Gasteiger partial charge in [0.15, 0.2) is 17.1 Å². The van der Waals surface area contributed by atoms with E-state index in [0.29, 0.717) is 91.4 Å². The number of hydrogen-bond donors (Lipinski definition) is 3. The van der Waals surface area contributed by atoms with Gasteiger partial charge in [-0.3, -0.25) is 4.79 Å². The number of cyclic esters (lactones) is 1. The molecule has 1 unspecified atom stereocenters. The summed E-state index contributed by atoms with van der Waals surface area (Å²) in [5.41, 5.74) is -1.04. The van der Waals surface area contributed by atoms with Gasteiger partial charge in [0.05, 0.1) is 32.1 Å². The van der Waals surface area contributed by atoms with Crippen molar-refractivity contribution in [3.8, 4) is 28.7 Å². The second kappa shape index (κ2) is 20.2. The number of benzene rings is 4. The molecule has 0 aromatic heterocycles. The minimum absolute atomic E-state index is 0.0802. The van der Waals surface area contributed by atoms with Gasteiger partial charge in [-0.2, -0.15) is 0 Å². The van der Waals surface area contributed by atoms with E-state index in [1.54, 1.807) is 25.1 Å². The van der Waals surface area contributed by atoms with Gasteiger partial charge in [0.2, 0.25) is 0 Å². The Morgan fingerprint density at radius 1 is 0.736 bits per heavy atom. The summed E-state index contributed by atoms with van der Waals surface area (Å²) < 4.78 is 34.6. The van der Waals surface area contributed by atoms with E-state index >= 15 is 0 Å². The molecule has 282 valence electrons. The quantitative estimate of drug-likeness (QED) is 0.0724. The van der Waals surface area contributed by atoms with Crippen LogP contribution in [0.5, 0.6) is 28.7 Å². The van der Waals surface area contributed by atoms with Gasteiger partial charge in [0.25, 0.3) is 5.91 Å². The Balaban J connectivity index is 0.900. The van der Waals surface area contributed by atoms with Crippen LogP contribution >= 0.6 is 23.2 Å². The first-order valence-corrected chi connectivity index (χ1v) is 18.0. The molecule has 14 heteroatoms. The number of carbonyl (C=O) groups is 2. The van der Waals surface area contributed by atoms with Crippen molar-refractivity contribution in [1.82, 2.24) is 10.6 Å². The molecule has 3 N–H and O–H groups in total. The number of nitrogens with zero attached hydrogens (tertiary/aromatic N) is 1. The zero-order valence-corrected chi connectivity index (χ0v) is 30.8. The van der Waals surface area contributed by atoms with E-state index in [1.165, 1.54) is 18.2 Å². The molecule has 0 spiro atoms. The molecule has 12 nitrogen and oxygen atoms in total. The third kappa shape index (κ3) is 12.3. The van der Waals surface area contributed by atoms with Crippen LogP contribution in [0.2, 0.25) is 10.0 Å². The molecule has 2 atom stereocenters. The molecule has 0 aliphatic carbocycles. The zero-order valence-electron chi connectivity index (χ0n) is 29.3. The van der Waals surface area contributed by atoms with Crippen molar-refractivity contribution in [2.24, 2.45) is 0 Å². The molecule has 0 saturated carbocycles. The monoisotopic (exact) mass is 767 g/mol. The normalized spacial score (nSPS) is 16.0. The fourth-order valence-electron chi connectivity index (χ4n) is 5.21. The van der Waals surface area contributed by atoms with Crippen molar-refractivity contribution in [1.29, 1.82) is 0 Å². The van der Waals surface area contributed by atoms with Gasteiger partial charge in [-0.25, -0.2) is 9.69 Å². The molecule has 0 bridgehead atoms. The Labute approximate surface area is 318 Å². The molecule has 1 fully saturated rings. The maximum Gasteiger partial charge on any atom is 0.422 e. The number of para-hydroxylation sites is 2. The molecule has 0 radical (unpaired) electrons. The summed E-state index contributed by atoms with van der Waals surface area (Å²) in [4.78, 5) is 26.4. The summed E-state index contributed by atoms with van der Waals surface area (Å²) in [5, 5.41) is 17.4. The zero-order chi connectivity index (χ0) is 37.5. The Bertz CT molecular complexity index is 1750. The molecule has 53 heavy (non-hydrogen) atoms. The van der Waals surface area contributed by atoms with Crippen LogP contribution in [0.1, 0.15) is 13.3 Å². The third-order valence-corrected chi connectivity index (χ3v) is 8.37. The van der Waals surface area contributed by atoms with Crippen LogP contribution in [0.25, 0.3) is 0 Å². The van der Waals surface area contributed by atoms with Crippen LogP contribution in [-0.4, -0.2) is 88.0 Å². The number of anilines is 1. The number of halogens is 2. The lowest BCUT2D eigenvalue weighted by molar-refractivity contribution is -0.129. The summed E-state index contributed by atoms with van der Waals surface area (Å²) in [6.07, 6.45) is -1.23. The number of aliphatic hydroxyl groups excluding tert-OH is 1. The van der Waals surface area contributed by atoms with Crippen LogP contribution in [0.4, 0.5) is 10.5 Å². The Hall–Kier alpha value is -4.40. The van der Waals surface area contributed by atoms with E-state index in [-0.39, 0.29) is 18.7 Å². The molecular weight excluding hydrogens is 725 g/mol. The number of amides is 2. The Morgan fingerprint density at radius 2 is 1.34 bits per heavy atom. The van der Waals surface area contributed by atoms with Crippen LogP contribution < -0.4 is 29.7 Å². The number of hydrogen-bond acceptors (Lipinski definition) is 11. The highest BCUT2D eigenvalue weighted by molar-refractivity contribution is 6.35. The van der Waals surface area contributed by atoms with Gasteiger partial charge in [-0.15, -0.1) is 0 Å². The molecule has 2 amide bonds. The summed E-state index contributed by atoms with van der Waals surface area (Å²) in [6, 6.07) is 28.6. The molecule has 1 aliphatic rings. The van der Waals surface area contributed by atoms with Gasteiger partial charge < -0.3 is 44.2 Å². The standard InChI is InChI=1S/C39H43Cl2N3O9/c1-39(37(46)44(38(47)53-39)30-23-28(40)22-29(41)24-30)14-15-42-16-18-48-20-21-49-19-17-43-26-31(45)27-50-34-12-13-35(51-32-8-4-2-5-9-32)36(25-34)52-33-10-6-3-7-11-33/h2-13,22-25,31,42-43,45H,14-21,26-27H2,1H3/t31-,39?/m1/s1. The van der Waals surface area contributed by atoms with Crippen molar-refractivity contribution in [2.45, 2.75) is 25.0 Å². The van der Waals surface area contributed by atoms with Crippen molar-refractivity contribution < 1.29 is 43.1 Å². The highest BCUT2D eigenvalue weighted by Gasteiger charge is 2.50. The Morgan fingerprint density at radius 3 is 1.98 bits per heavy atom. The fourth-order valence-corrected chi connectivity index (χ4v) is 5.72. The van der Waals surface area contributed by atoms with E-state index in [4.69, 9.17) is 51.6 Å². The van der Waals surface area contributed by atoms with Gasteiger partial charge in [0, 0.05) is 42.2 Å². The van der Waals surface area contributed by atoms with E-state index < -0.39 is 23.7 Å². The molecule has 4 aromatic rings. The van der Waals surface area contributed by atoms with E-state index in [2.05, 4.69) is 10.6 Å². The van der Waals surface area contributed by atoms with Crippen molar-refractivity contribution in [3.05, 3.63) is 107 Å². The minimum atomic E-state index is -1.31. The topological polar surface area (TPSA) is 137 Å². The summed E-state index contributed by atoms with van der Waals surface area (Å²) in [6.45, 7) is 5.22. The number of aliphatic hydroxyl groups is 1. The first-order valence-electron chi connectivity index (χ1n) is 17.2. The lowest BCUT2D eigenvalue weighted by Crippen LogP contribution is -2.41. The lowest BCUT2D eigenvalue weighted by Gasteiger charge is -2.20. The fraction of sp³-hybridized carbons (Fsp3) is 0.333. The third-order valence-electron chi connectivity index (χ3n) is 7.93. The highest BCUT2D eigenvalue weighted by atomic mass is 35.5. The van der Waals surface area contributed by atoms with Crippen molar-refractivity contribution >= 4 is 40.9 Å². The van der Waals surface area contributed by atoms with Crippen LogP contribution in [0, 0.1) is 0 Å². The smallest absolute Gasteiger partial charge is 0.422 e. The van der Waals surface area contributed by atoms with Crippen molar-refractivity contribution in [2.75, 3.05) is 64.1 Å². The Kier molecular flexibility index (Phi) is 15.1. The van der Waals surface area contributed by atoms with Crippen LogP contribution in [-0.2, 0) is 19.0 Å². The molecule has 1 saturated heterocycles. The van der Waals surface area contributed by atoms with Gasteiger partial charge in [-0.1, -0.05) is 59.6 Å². The molecule has 1 heterocycles. The number of rotatable bonds is 22. The highest BCUT2D eigenvalue weighted by Crippen LogP contribution is 2.38. The first kappa shape index (κ1) is 39.8. The van der Waals surface area contributed by atoms with Crippen LogP contribution in [0.15, 0.2) is 97.1 Å². The second-order valence-electron chi connectivity index (χ2n) is 12.2. The van der Waals surface area contributed by atoms with E-state index in [9.17, 15) is 14.7 Å². The number of nitrogens with one attached hydrogen (secondary N) is 2. The lowest BCUT2D eigenvalue weighted by atomic mass is 10.0. The molecular formula is C39H43Cl2N3O9. The predicted molar refractivity (Wildman–Crippen MR) is 202 cm³/mol. The largest absolute Gasteiger partial charge is 0.491 e. The molecule has 4 aromatic carbocycles. The number of carbonyl (C=O) groups excluding carboxylic acids is 2. The average Bonchev–Trinajstić information content (AvgIpc) is 3.37. The summed E-state index contributed by atoms with van der Waals surface area (Å²) in [7, 11) is 0. The van der Waals surface area contributed by atoms with Gasteiger partial charge in [0.1, 0.15) is 30.0 Å². The van der Waals surface area contributed by atoms with Crippen LogP contribution in [0.3, 0.4) is 0 Å². The van der Waals surface area contributed by atoms with Crippen molar-refractivity contribution in [3.63, 3.8) is 0 Å². The van der Waals surface area contributed by atoms with E-state index in [1.807, 2.05) is 60.7 Å². The average molecular weight is 769 g/mol. The maximum atomic E-state index is 13.0. The maximum absolute atomic E-state index is 13.0. The minimum Gasteiger partial charge on any atom is -0.491 e. The number of imide groups is 1. The van der Waals surface area contributed by atoms with Gasteiger partial charge in [-0.05, 0) is 68.1 Å². The SMILES string of the molecule is CC1(CCNCCOCCOCCNC[C@@H](O)COc2ccc(Oc3ccccc3)c(Oc3ccccc3)c2)OC(=O)N(c2cc(Cl)cc(Cl)c2)C1=O. The predicted octanol–water partition coefficient (Wildman–Crippen LogP) is 6.86. The number of ether oxygens (including phenoxy) is 6.